The molecule has 1 aromatic rings. The Labute approximate surface area is 134 Å². The average Bonchev–Trinajstić information content (AvgIpc) is 2.54. The summed E-state index contributed by atoms with van der Waals surface area (Å²) < 4.78 is 13.5. The van der Waals surface area contributed by atoms with Gasteiger partial charge in [0, 0.05) is 12.7 Å². The van der Waals surface area contributed by atoms with Crippen LogP contribution in [0.4, 0.5) is 4.79 Å². The van der Waals surface area contributed by atoms with E-state index >= 15 is 0 Å². The van der Waals surface area contributed by atoms with Crippen molar-refractivity contribution in [1.29, 1.82) is 0 Å². The van der Waals surface area contributed by atoms with Crippen molar-refractivity contribution in [2.24, 2.45) is 7.05 Å². The number of hydrogen-bond donors (Lipinski definition) is 1. The van der Waals surface area contributed by atoms with Gasteiger partial charge >= 0.3 is 6.09 Å². The number of carbonyl (C=O) groups is 1. The van der Waals surface area contributed by atoms with E-state index in [4.69, 9.17) is 9.47 Å². The van der Waals surface area contributed by atoms with E-state index in [9.17, 15) is 4.79 Å². The number of carbonyl (C=O) groups excluding carboxylic acids is 1. The van der Waals surface area contributed by atoms with Gasteiger partial charge in [0.15, 0.2) is 0 Å². The summed E-state index contributed by atoms with van der Waals surface area (Å²) in [6, 6.07) is -0.136. The lowest BCUT2D eigenvalue weighted by molar-refractivity contribution is 0.0439. The molecule has 0 radical (unpaired) electrons. The van der Waals surface area contributed by atoms with Gasteiger partial charge in [-0.3, -0.25) is 4.68 Å². The van der Waals surface area contributed by atoms with Crippen LogP contribution in [0, 0.1) is 6.92 Å². The number of ether oxygens (including phenoxy) is 2. The van der Waals surface area contributed by atoms with Crippen molar-refractivity contribution in [2.75, 3.05) is 6.61 Å². The van der Waals surface area contributed by atoms with Crippen LogP contribution in [0.15, 0.2) is 4.47 Å². The van der Waals surface area contributed by atoms with Crippen LogP contribution in [0.2, 0.25) is 0 Å². The number of hydrogen-bond acceptors (Lipinski definition) is 4. The average molecular weight is 362 g/mol. The van der Waals surface area contributed by atoms with Crippen molar-refractivity contribution in [1.82, 2.24) is 15.1 Å². The van der Waals surface area contributed by atoms with Crippen LogP contribution in [-0.4, -0.2) is 34.1 Å². The second-order valence-electron chi connectivity index (χ2n) is 6.03. The molecule has 1 amide bonds. The second-order valence-corrected chi connectivity index (χ2v) is 6.83. The lowest BCUT2D eigenvalue weighted by Crippen LogP contribution is -2.39. The predicted octanol–water partition coefficient (Wildman–Crippen LogP) is 2.92. The first-order valence-corrected chi connectivity index (χ1v) is 7.64. The highest BCUT2D eigenvalue weighted by atomic mass is 79.9. The van der Waals surface area contributed by atoms with E-state index in [1.54, 1.807) is 4.68 Å². The fourth-order valence-electron chi connectivity index (χ4n) is 1.63. The third-order valence-electron chi connectivity index (χ3n) is 2.70. The summed E-state index contributed by atoms with van der Waals surface area (Å²) in [5, 5.41) is 7.08. The first-order chi connectivity index (χ1) is 9.60. The molecule has 1 rings (SSSR count). The Hall–Kier alpha value is -1.08. The molecule has 1 aromatic heterocycles. The van der Waals surface area contributed by atoms with Gasteiger partial charge in [-0.15, -0.1) is 0 Å². The highest BCUT2D eigenvalue weighted by Gasteiger charge is 2.18. The van der Waals surface area contributed by atoms with E-state index in [1.165, 1.54) is 0 Å². The molecule has 0 aliphatic carbocycles. The van der Waals surface area contributed by atoms with Crippen LogP contribution in [0.25, 0.3) is 0 Å². The minimum absolute atomic E-state index is 0.136. The Morgan fingerprint density at radius 3 is 2.57 bits per heavy atom. The van der Waals surface area contributed by atoms with Crippen molar-refractivity contribution in [3.63, 3.8) is 0 Å². The molecular weight excluding hydrogens is 338 g/mol. The molecule has 1 N–H and O–H groups in total. The largest absolute Gasteiger partial charge is 0.444 e. The minimum atomic E-state index is -0.499. The quantitative estimate of drug-likeness (QED) is 0.875. The minimum Gasteiger partial charge on any atom is -0.444 e. The monoisotopic (exact) mass is 361 g/mol. The Balaban J connectivity index is 2.35. The highest BCUT2D eigenvalue weighted by molar-refractivity contribution is 9.10. The van der Waals surface area contributed by atoms with Crippen molar-refractivity contribution in [3.05, 3.63) is 15.9 Å². The molecule has 21 heavy (non-hydrogen) atoms. The van der Waals surface area contributed by atoms with Crippen LogP contribution in [0.5, 0.6) is 0 Å². The number of nitrogens with one attached hydrogen (secondary N) is 1. The maximum Gasteiger partial charge on any atom is 0.407 e. The Bertz CT molecular complexity index is 494. The van der Waals surface area contributed by atoms with Crippen LogP contribution in [0.3, 0.4) is 0 Å². The summed E-state index contributed by atoms with van der Waals surface area (Å²) >= 11 is 3.49. The van der Waals surface area contributed by atoms with E-state index < -0.39 is 11.7 Å². The molecule has 120 valence electrons. The molecule has 0 unspecified atom stereocenters. The highest BCUT2D eigenvalue weighted by Crippen LogP contribution is 2.20. The number of aromatic nitrogens is 2. The topological polar surface area (TPSA) is 65.4 Å². The van der Waals surface area contributed by atoms with E-state index in [-0.39, 0.29) is 6.04 Å². The molecule has 0 saturated heterocycles. The first-order valence-electron chi connectivity index (χ1n) is 6.85. The predicted molar refractivity (Wildman–Crippen MR) is 84.1 cm³/mol. The molecule has 0 aliphatic rings. The van der Waals surface area contributed by atoms with Crippen molar-refractivity contribution in [3.8, 4) is 0 Å². The standard InChI is InChI=1S/C14H24BrN3O3/c1-9(16-13(19)21-14(3,4)5)7-20-8-11-12(15)10(2)18(6)17-11/h9H,7-8H2,1-6H3,(H,16,19)/t9-/m1/s1. The van der Waals surface area contributed by atoms with Crippen LogP contribution >= 0.6 is 15.9 Å². The number of aryl methyl sites for hydroxylation is 1. The summed E-state index contributed by atoms with van der Waals surface area (Å²) in [4.78, 5) is 11.6. The van der Waals surface area contributed by atoms with Gasteiger partial charge in [0.25, 0.3) is 0 Å². The fraction of sp³-hybridized carbons (Fsp3) is 0.714. The van der Waals surface area contributed by atoms with Crippen LogP contribution < -0.4 is 5.32 Å². The third-order valence-corrected chi connectivity index (χ3v) is 3.73. The normalized spacial score (nSPS) is 13.1. The van der Waals surface area contributed by atoms with Crippen LogP contribution in [0.1, 0.15) is 39.1 Å². The van der Waals surface area contributed by atoms with Gasteiger partial charge in [-0.2, -0.15) is 5.10 Å². The maximum atomic E-state index is 11.6. The number of nitrogens with zero attached hydrogens (tertiary/aromatic N) is 2. The summed E-state index contributed by atoms with van der Waals surface area (Å²) in [5.74, 6) is 0. The lowest BCUT2D eigenvalue weighted by Gasteiger charge is -2.21. The summed E-state index contributed by atoms with van der Waals surface area (Å²) in [6.45, 7) is 10.1. The Morgan fingerprint density at radius 2 is 2.10 bits per heavy atom. The molecule has 0 aliphatic heterocycles. The van der Waals surface area contributed by atoms with E-state index in [2.05, 4.69) is 26.3 Å². The van der Waals surface area contributed by atoms with Crippen molar-refractivity contribution < 1.29 is 14.3 Å². The molecule has 0 spiro atoms. The molecule has 1 atom stereocenters. The molecule has 0 saturated carbocycles. The maximum absolute atomic E-state index is 11.6. The van der Waals surface area contributed by atoms with Crippen molar-refractivity contribution in [2.45, 2.75) is 52.9 Å². The van der Waals surface area contributed by atoms with Gasteiger partial charge in [0.2, 0.25) is 0 Å². The molecule has 7 heteroatoms. The van der Waals surface area contributed by atoms with Gasteiger partial charge in [-0.05, 0) is 50.5 Å². The zero-order valence-electron chi connectivity index (χ0n) is 13.5. The van der Waals surface area contributed by atoms with Gasteiger partial charge in [0.1, 0.15) is 11.3 Å². The zero-order chi connectivity index (χ0) is 16.2. The molecular formula is C14H24BrN3O3. The number of rotatable bonds is 5. The third kappa shape index (κ3) is 6.05. The molecule has 0 aromatic carbocycles. The fourth-order valence-corrected chi connectivity index (χ4v) is 2.08. The smallest absolute Gasteiger partial charge is 0.407 e. The van der Waals surface area contributed by atoms with Crippen LogP contribution in [-0.2, 0) is 23.1 Å². The molecule has 6 nitrogen and oxygen atoms in total. The molecule has 1 heterocycles. The summed E-state index contributed by atoms with van der Waals surface area (Å²) in [7, 11) is 1.89. The SMILES string of the molecule is Cc1c(Br)c(COC[C@@H](C)NC(=O)OC(C)(C)C)nn1C. The summed E-state index contributed by atoms with van der Waals surface area (Å²) in [6.07, 6.45) is -0.437. The van der Waals surface area contributed by atoms with Crippen molar-refractivity contribution >= 4 is 22.0 Å². The van der Waals surface area contributed by atoms with E-state index in [0.29, 0.717) is 13.2 Å². The number of halogens is 1. The Morgan fingerprint density at radius 1 is 1.48 bits per heavy atom. The number of amides is 1. The number of alkyl carbamates (subject to hydrolysis) is 1. The molecule has 0 fully saturated rings. The summed E-state index contributed by atoms with van der Waals surface area (Å²) in [5.41, 5.74) is 1.40. The molecule has 0 bridgehead atoms. The van der Waals surface area contributed by atoms with Gasteiger partial charge < -0.3 is 14.8 Å². The van der Waals surface area contributed by atoms with E-state index in [1.807, 2.05) is 41.7 Å². The Kier molecular flexibility index (Phi) is 6.22. The van der Waals surface area contributed by atoms with Gasteiger partial charge in [-0.25, -0.2) is 4.79 Å². The first kappa shape index (κ1) is 18.0. The van der Waals surface area contributed by atoms with Gasteiger partial charge in [-0.1, -0.05) is 0 Å². The van der Waals surface area contributed by atoms with Gasteiger partial charge in [0.05, 0.1) is 23.7 Å². The lowest BCUT2D eigenvalue weighted by atomic mass is 10.2. The van der Waals surface area contributed by atoms with E-state index in [0.717, 1.165) is 15.9 Å². The zero-order valence-corrected chi connectivity index (χ0v) is 15.1. The second kappa shape index (κ2) is 7.26.